The average Bonchev–Trinajstić information content (AvgIpc) is 2.82. The third-order valence-corrected chi connectivity index (χ3v) is 3.27. The molecule has 1 aliphatic rings. The summed E-state index contributed by atoms with van der Waals surface area (Å²) in [6.45, 7) is 0.256. The second-order valence-electron chi connectivity index (χ2n) is 4.50. The van der Waals surface area contributed by atoms with Crippen LogP contribution in [0.3, 0.4) is 0 Å². The van der Waals surface area contributed by atoms with Crippen LogP contribution in [-0.2, 0) is 11.3 Å². The summed E-state index contributed by atoms with van der Waals surface area (Å²) in [5, 5.41) is 10.2. The molecule has 0 atom stereocenters. The van der Waals surface area contributed by atoms with Crippen LogP contribution >= 0.6 is 0 Å². The van der Waals surface area contributed by atoms with Crippen molar-refractivity contribution < 1.29 is 4.79 Å². The quantitative estimate of drug-likeness (QED) is 0.768. The predicted molar refractivity (Wildman–Crippen MR) is 63.3 cm³/mol. The van der Waals surface area contributed by atoms with E-state index in [2.05, 4.69) is 20.7 Å². The van der Waals surface area contributed by atoms with E-state index < -0.39 is 0 Å². The average molecular weight is 237 g/mol. The summed E-state index contributed by atoms with van der Waals surface area (Å²) < 4.78 is 1.54. The normalized spacial score (nSPS) is 24.5. The molecular weight excluding hydrogens is 218 g/mol. The predicted octanol–water partition coefficient (Wildman–Crippen LogP) is -0.0751. The number of amides is 1. The highest BCUT2D eigenvalue weighted by molar-refractivity contribution is 5.75. The van der Waals surface area contributed by atoms with Gasteiger partial charge in [0.1, 0.15) is 19.2 Å². The monoisotopic (exact) mass is 237 g/mol. The van der Waals surface area contributed by atoms with Gasteiger partial charge in [-0.05, 0) is 32.7 Å². The molecule has 1 aromatic rings. The first kappa shape index (κ1) is 12.0. The second-order valence-corrected chi connectivity index (χ2v) is 4.50. The molecule has 0 bridgehead atoms. The van der Waals surface area contributed by atoms with Gasteiger partial charge >= 0.3 is 0 Å². The van der Waals surface area contributed by atoms with Crippen molar-refractivity contribution >= 4 is 5.91 Å². The van der Waals surface area contributed by atoms with Crippen LogP contribution in [0.25, 0.3) is 0 Å². The third-order valence-electron chi connectivity index (χ3n) is 3.27. The van der Waals surface area contributed by atoms with Crippen LogP contribution in [0.4, 0.5) is 0 Å². The number of carbonyl (C=O) groups is 1. The van der Waals surface area contributed by atoms with Gasteiger partial charge in [0.25, 0.3) is 0 Å². The molecule has 1 heterocycles. The number of hydrogen-bond donors (Lipinski definition) is 2. The Morgan fingerprint density at radius 3 is 2.65 bits per heavy atom. The molecule has 0 saturated heterocycles. The second kappa shape index (κ2) is 5.77. The van der Waals surface area contributed by atoms with Gasteiger partial charge in [0.15, 0.2) is 0 Å². The highest BCUT2D eigenvalue weighted by Gasteiger charge is 2.21. The van der Waals surface area contributed by atoms with E-state index in [1.807, 2.05) is 7.05 Å². The molecule has 6 heteroatoms. The first-order chi connectivity index (χ1) is 8.28. The molecule has 1 amide bonds. The van der Waals surface area contributed by atoms with Crippen molar-refractivity contribution in [1.82, 2.24) is 25.4 Å². The van der Waals surface area contributed by atoms with Gasteiger partial charge in [-0.25, -0.2) is 9.67 Å². The first-order valence-electron chi connectivity index (χ1n) is 6.07. The van der Waals surface area contributed by atoms with Crippen molar-refractivity contribution in [2.24, 2.45) is 0 Å². The fourth-order valence-electron chi connectivity index (χ4n) is 2.26. The molecule has 2 rings (SSSR count). The molecule has 1 aromatic heterocycles. The number of aromatic nitrogens is 3. The van der Waals surface area contributed by atoms with Gasteiger partial charge in [0.2, 0.25) is 5.91 Å². The molecule has 0 aromatic carbocycles. The van der Waals surface area contributed by atoms with Crippen molar-refractivity contribution in [2.45, 2.75) is 44.3 Å². The van der Waals surface area contributed by atoms with Crippen LogP contribution in [0.15, 0.2) is 12.7 Å². The lowest BCUT2D eigenvalue weighted by Crippen LogP contribution is -2.42. The first-order valence-corrected chi connectivity index (χ1v) is 6.07. The van der Waals surface area contributed by atoms with Crippen molar-refractivity contribution in [3.05, 3.63) is 12.7 Å². The Bertz CT molecular complexity index is 343. The summed E-state index contributed by atoms with van der Waals surface area (Å²) in [6.07, 6.45) is 7.35. The van der Waals surface area contributed by atoms with E-state index in [9.17, 15) is 4.79 Å². The number of nitrogens with one attached hydrogen (secondary N) is 2. The number of hydrogen-bond acceptors (Lipinski definition) is 4. The molecule has 94 valence electrons. The zero-order chi connectivity index (χ0) is 12.1. The lowest BCUT2D eigenvalue weighted by atomic mass is 9.91. The summed E-state index contributed by atoms with van der Waals surface area (Å²) in [6, 6.07) is 0.925. The number of nitrogens with zero attached hydrogens (tertiary/aromatic N) is 3. The molecule has 1 saturated carbocycles. The van der Waals surface area contributed by atoms with Gasteiger partial charge < -0.3 is 10.6 Å². The highest BCUT2D eigenvalue weighted by atomic mass is 16.2. The van der Waals surface area contributed by atoms with Gasteiger partial charge in [-0.3, -0.25) is 4.79 Å². The zero-order valence-electron chi connectivity index (χ0n) is 10.1. The SMILES string of the molecule is CNC1CCC(NC(=O)Cn2cncn2)CC1. The molecule has 17 heavy (non-hydrogen) atoms. The molecule has 1 aliphatic carbocycles. The maximum absolute atomic E-state index is 11.7. The van der Waals surface area contributed by atoms with E-state index in [1.165, 1.54) is 11.0 Å². The summed E-state index contributed by atoms with van der Waals surface area (Å²) in [4.78, 5) is 15.5. The minimum atomic E-state index is 0.0170. The Labute approximate surface area is 101 Å². The molecule has 0 spiro atoms. The van der Waals surface area contributed by atoms with Gasteiger partial charge in [-0.1, -0.05) is 0 Å². The molecule has 2 N–H and O–H groups in total. The lowest BCUT2D eigenvalue weighted by Gasteiger charge is -2.28. The van der Waals surface area contributed by atoms with Gasteiger partial charge in [-0.2, -0.15) is 5.10 Å². The molecule has 6 nitrogen and oxygen atoms in total. The topological polar surface area (TPSA) is 71.8 Å². The third kappa shape index (κ3) is 3.52. The number of rotatable bonds is 4. The van der Waals surface area contributed by atoms with E-state index in [0.717, 1.165) is 25.7 Å². The van der Waals surface area contributed by atoms with E-state index in [1.54, 1.807) is 6.33 Å². The fourth-order valence-corrected chi connectivity index (χ4v) is 2.26. The van der Waals surface area contributed by atoms with Crippen molar-refractivity contribution in [2.75, 3.05) is 7.05 Å². The van der Waals surface area contributed by atoms with Crippen molar-refractivity contribution in [3.8, 4) is 0 Å². The lowest BCUT2D eigenvalue weighted by molar-refractivity contribution is -0.122. The summed E-state index contributed by atoms with van der Waals surface area (Å²) in [7, 11) is 1.99. The molecule has 0 radical (unpaired) electrons. The Morgan fingerprint density at radius 2 is 2.06 bits per heavy atom. The van der Waals surface area contributed by atoms with Crippen LogP contribution in [0, 0.1) is 0 Å². The van der Waals surface area contributed by atoms with E-state index >= 15 is 0 Å². The van der Waals surface area contributed by atoms with Crippen LogP contribution in [0.1, 0.15) is 25.7 Å². The Kier molecular flexibility index (Phi) is 4.08. The number of carbonyl (C=O) groups excluding carboxylic acids is 1. The molecular formula is C11H19N5O. The smallest absolute Gasteiger partial charge is 0.242 e. The van der Waals surface area contributed by atoms with Crippen LogP contribution in [-0.4, -0.2) is 39.8 Å². The van der Waals surface area contributed by atoms with E-state index in [4.69, 9.17) is 0 Å². The molecule has 0 aliphatic heterocycles. The van der Waals surface area contributed by atoms with Crippen LogP contribution < -0.4 is 10.6 Å². The van der Waals surface area contributed by atoms with Gasteiger partial charge in [-0.15, -0.1) is 0 Å². The summed E-state index contributed by atoms with van der Waals surface area (Å²) in [5.74, 6) is 0.0170. The minimum Gasteiger partial charge on any atom is -0.352 e. The largest absolute Gasteiger partial charge is 0.352 e. The standard InChI is InChI=1S/C11H19N5O/c1-12-9-2-4-10(5-3-9)15-11(17)6-16-8-13-7-14-16/h7-10,12H,2-6H2,1H3,(H,15,17). The molecule has 0 unspecified atom stereocenters. The van der Waals surface area contributed by atoms with Crippen molar-refractivity contribution in [3.63, 3.8) is 0 Å². The Balaban J connectivity index is 1.72. The Hall–Kier alpha value is -1.43. The van der Waals surface area contributed by atoms with Crippen LogP contribution in [0.2, 0.25) is 0 Å². The minimum absolute atomic E-state index is 0.0170. The van der Waals surface area contributed by atoms with Gasteiger partial charge in [0.05, 0.1) is 0 Å². The molecule has 1 fully saturated rings. The summed E-state index contributed by atoms with van der Waals surface area (Å²) in [5.41, 5.74) is 0. The fraction of sp³-hybridized carbons (Fsp3) is 0.727. The maximum Gasteiger partial charge on any atom is 0.242 e. The maximum atomic E-state index is 11.7. The van der Waals surface area contributed by atoms with Crippen molar-refractivity contribution in [1.29, 1.82) is 0 Å². The van der Waals surface area contributed by atoms with Gasteiger partial charge in [0, 0.05) is 12.1 Å². The Morgan fingerprint density at radius 1 is 1.35 bits per heavy atom. The van der Waals surface area contributed by atoms with Crippen LogP contribution in [0.5, 0.6) is 0 Å². The van der Waals surface area contributed by atoms with E-state index in [-0.39, 0.29) is 12.5 Å². The van der Waals surface area contributed by atoms with E-state index in [0.29, 0.717) is 12.1 Å². The summed E-state index contributed by atoms with van der Waals surface area (Å²) >= 11 is 0. The highest BCUT2D eigenvalue weighted by Crippen LogP contribution is 2.18. The zero-order valence-corrected chi connectivity index (χ0v) is 10.1.